The first kappa shape index (κ1) is 11.1. The number of rotatable bonds is 6. The molecule has 1 aromatic carbocycles. The fourth-order valence-electron chi connectivity index (χ4n) is 1.05. The van der Waals surface area contributed by atoms with Gasteiger partial charge in [-0.15, -0.1) is 0 Å². The number of ether oxygens (including phenoxy) is 1. The van der Waals surface area contributed by atoms with Crippen molar-refractivity contribution in [2.45, 2.75) is 6.61 Å². The zero-order valence-corrected chi connectivity index (χ0v) is 7.96. The third-order valence-electron chi connectivity index (χ3n) is 1.90. The first-order valence-corrected chi connectivity index (χ1v) is 4.60. The van der Waals surface area contributed by atoms with Gasteiger partial charge in [0.15, 0.2) is 0 Å². The Morgan fingerprint density at radius 2 is 1.71 bits per heavy atom. The van der Waals surface area contributed by atoms with Crippen LogP contribution in [0.15, 0.2) is 30.3 Å². The van der Waals surface area contributed by atoms with Gasteiger partial charge in [-0.1, -0.05) is 30.3 Å². The maximum atomic E-state index is 12.1. The molecule has 0 heterocycles. The van der Waals surface area contributed by atoms with E-state index in [0.717, 1.165) is 5.56 Å². The van der Waals surface area contributed by atoms with E-state index in [9.17, 15) is 8.78 Å². The van der Waals surface area contributed by atoms with Crippen LogP contribution in [0, 0.1) is 5.92 Å². The normalized spacial score (nSPS) is 10.8. The Hall–Kier alpha value is -0.960. The van der Waals surface area contributed by atoms with E-state index in [4.69, 9.17) is 4.74 Å². The van der Waals surface area contributed by atoms with Crippen molar-refractivity contribution in [2.24, 2.45) is 5.92 Å². The van der Waals surface area contributed by atoms with Crippen molar-refractivity contribution in [3.63, 3.8) is 0 Å². The van der Waals surface area contributed by atoms with E-state index in [1.165, 1.54) is 0 Å². The monoisotopic (exact) mass is 200 g/mol. The third-order valence-corrected chi connectivity index (χ3v) is 1.90. The van der Waals surface area contributed by atoms with Gasteiger partial charge in [-0.25, -0.2) is 0 Å². The van der Waals surface area contributed by atoms with Crippen LogP contribution in [0.25, 0.3) is 0 Å². The summed E-state index contributed by atoms with van der Waals surface area (Å²) in [6.07, 6.45) is 0. The van der Waals surface area contributed by atoms with Crippen LogP contribution >= 0.6 is 0 Å². The maximum Gasteiger partial charge on any atom is 0.0969 e. The van der Waals surface area contributed by atoms with Gasteiger partial charge in [0.25, 0.3) is 0 Å². The number of halogens is 2. The van der Waals surface area contributed by atoms with Crippen LogP contribution in [0.4, 0.5) is 8.78 Å². The molecule has 0 bridgehead atoms. The molecule has 1 rings (SSSR count). The lowest BCUT2D eigenvalue weighted by molar-refractivity contribution is 0.0682. The van der Waals surface area contributed by atoms with Crippen molar-refractivity contribution in [3.8, 4) is 0 Å². The summed E-state index contributed by atoms with van der Waals surface area (Å²) in [5, 5.41) is 0. The van der Waals surface area contributed by atoms with Crippen LogP contribution in [0.1, 0.15) is 5.56 Å². The van der Waals surface area contributed by atoms with Crippen molar-refractivity contribution in [1.82, 2.24) is 0 Å². The Bertz CT molecular complexity index is 234. The number of alkyl halides is 2. The highest BCUT2D eigenvalue weighted by molar-refractivity contribution is 5.13. The van der Waals surface area contributed by atoms with Crippen LogP contribution in [-0.2, 0) is 11.3 Å². The zero-order chi connectivity index (χ0) is 10.2. The number of benzene rings is 1. The van der Waals surface area contributed by atoms with E-state index >= 15 is 0 Å². The summed E-state index contributed by atoms with van der Waals surface area (Å²) in [4.78, 5) is 0. The topological polar surface area (TPSA) is 9.23 Å². The van der Waals surface area contributed by atoms with Gasteiger partial charge in [-0.05, 0) is 5.56 Å². The molecule has 14 heavy (non-hydrogen) atoms. The summed E-state index contributed by atoms with van der Waals surface area (Å²) in [5.74, 6) is -0.612. The number of hydrogen-bond donors (Lipinski definition) is 0. The largest absolute Gasteiger partial charge is 0.376 e. The number of hydrogen-bond acceptors (Lipinski definition) is 1. The van der Waals surface area contributed by atoms with E-state index in [0.29, 0.717) is 6.61 Å². The second kappa shape index (κ2) is 6.49. The molecule has 0 saturated carbocycles. The maximum absolute atomic E-state index is 12.1. The summed E-state index contributed by atoms with van der Waals surface area (Å²) in [6, 6.07) is 9.55. The lowest BCUT2D eigenvalue weighted by Gasteiger charge is -2.09. The predicted molar refractivity (Wildman–Crippen MR) is 51.5 cm³/mol. The average molecular weight is 200 g/mol. The molecule has 78 valence electrons. The second-order valence-electron chi connectivity index (χ2n) is 3.18. The van der Waals surface area contributed by atoms with Gasteiger partial charge < -0.3 is 4.74 Å². The Morgan fingerprint density at radius 3 is 2.29 bits per heavy atom. The average Bonchev–Trinajstić information content (AvgIpc) is 2.26. The molecular formula is C11H14F2O. The Morgan fingerprint density at radius 1 is 1.07 bits per heavy atom. The standard InChI is InChI=1S/C11H14F2O/c12-6-11(7-13)9-14-8-10-4-2-1-3-5-10/h1-5,11H,6-9H2. The smallest absolute Gasteiger partial charge is 0.0969 e. The molecule has 1 nitrogen and oxygen atoms in total. The first-order chi connectivity index (χ1) is 6.86. The molecule has 0 unspecified atom stereocenters. The highest BCUT2D eigenvalue weighted by Gasteiger charge is 2.07. The lowest BCUT2D eigenvalue weighted by Crippen LogP contribution is -2.13. The molecule has 0 N–H and O–H groups in total. The van der Waals surface area contributed by atoms with E-state index in [-0.39, 0.29) is 6.61 Å². The van der Waals surface area contributed by atoms with Crippen molar-refractivity contribution in [3.05, 3.63) is 35.9 Å². The van der Waals surface area contributed by atoms with E-state index < -0.39 is 19.3 Å². The van der Waals surface area contributed by atoms with E-state index in [1.807, 2.05) is 30.3 Å². The van der Waals surface area contributed by atoms with Gasteiger partial charge in [0.1, 0.15) is 0 Å². The SMILES string of the molecule is FCC(CF)COCc1ccccc1. The van der Waals surface area contributed by atoms with E-state index in [1.54, 1.807) is 0 Å². The Balaban J connectivity index is 2.21. The minimum Gasteiger partial charge on any atom is -0.376 e. The molecule has 0 radical (unpaired) electrons. The molecule has 0 amide bonds. The van der Waals surface area contributed by atoms with Crippen LogP contribution in [0.5, 0.6) is 0 Å². The molecule has 0 aliphatic rings. The van der Waals surface area contributed by atoms with Crippen molar-refractivity contribution < 1.29 is 13.5 Å². The van der Waals surface area contributed by atoms with Gasteiger partial charge in [0.05, 0.1) is 26.6 Å². The summed E-state index contributed by atoms with van der Waals surface area (Å²) in [5.41, 5.74) is 1.02. The molecule has 0 saturated heterocycles. The quantitative estimate of drug-likeness (QED) is 0.686. The van der Waals surface area contributed by atoms with Gasteiger partial charge in [-0.3, -0.25) is 8.78 Å². The van der Waals surface area contributed by atoms with Crippen LogP contribution in [-0.4, -0.2) is 20.0 Å². The lowest BCUT2D eigenvalue weighted by atomic mass is 10.2. The minimum atomic E-state index is -0.661. The third kappa shape index (κ3) is 3.83. The van der Waals surface area contributed by atoms with Crippen LogP contribution in [0.3, 0.4) is 0 Å². The Labute approximate surface area is 82.7 Å². The molecule has 0 aliphatic carbocycles. The zero-order valence-electron chi connectivity index (χ0n) is 7.96. The van der Waals surface area contributed by atoms with Gasteiger partial charge in [0.2, 0.25) is 0 Å². The van der Waals surface area contributed by atoms with Crippen molar-refractivity contribution in [2.75, 3.05) is 20.0 Å². The molecule has 1 aromatic rings. The van der Waals surface area contributed by atoms with Crippen molar-refractivity contribution in [1.29, 1.82) is 0 Å². The highest BCUT2D eigenvalue weighted by Crippen LogP contribution is 2.04. The van der Waals surface area contributed by atoms with Crippen LogP contribution in [0.2, 0.25) is 0 Å². The second-order valence-corrected chi connectivity index (χ2v) is 3.18. The van der Waals surface area contributed by atoms with Crippen molar-refractivity contribution >= 4 is 0 Å². The van der Waals surface area contributed by atoms with Gasteiger partial charge >= 0.3 is 0 Å². The molecule has 0 aliphatic heterocycles. The molecule has 0 spiro atoms. The fraction of sp³-hybridized carbons (Fsp3) is 0.455. The summed E-state index contributed by atoms with van der Waals surface area (Å²) in [6.45, 7) is -0.768. The van der Waals surface area contributed by atoms with E-state index in [2.05, 4.69) is 0 Å². The Kier molecular flexibility index (Phi) is 5.15. The molecule has 0 fully saturated rings. The highest BCUT2D eigenvalue weighted by atomic mass is 19.1. The molecular weight excluding hydrogens is 186 g/mol. The predicted octanol–water partition coefficient (Wildman–Crippen LogP) is 2.76. The molecule has 0 atom stereocenters. The molecule has 3 heteroatoms. The summed E-state index contributed by atoms with van der Waals surface area (Å²) < 4.78 is 29.3. The minimum absolute atomic E-state index is 0.141. The molecule has 0 aromatic heterocycles. The first-order valence-electron chi connectivity index (χ1n) is 4.60. The van der Waals surface area contributed by atoms with Crippen LogP contribution < -0.4 is 0 Å². The van der Waals surface area contributed by atoms with Gasteiger partial charge in [-0.2, -0.15) is 0 Å². The fourth-order valence-corrected chi connectivity index (χ4v) is 1.05. The summed E-state index contributed by atoms with van der Waals surface area (Å²) >= 11 is 0. The summed E-state index contributed by atoms with van der Waals surface area (Å²) in [7, 11) is 0. The van der Waals surface area contributed by atoms with Gasteiger partial charge in [0, 0.05) is 5.92 Å².